The maximum absolute atomic E-state index is 11.6. The van der Waals surface area contributed by atoms with E-state index in [0.717, 1.165) is 83.1 Å². The molecule has 0 aromatic carbocycles. The van der Waals surface area contributed by atoms with Crippen LogP contribution in [-0.2, 0) is 30.4 Å². The number of hydrogen-bond donors (Lipinski definition) is 4. The number of carbonyl (C=O) groups is 5. The van der Waals surface area contributed by atoms with E-state index in [1.165, 1.54) is 0 Å². The molecule has 0 radical (unpaired) electrons. The third-order valence-corrected chi connectivity index (χ3v) is 12.8. The molecule has 0 bridgehead atoms. The van der Waals surface area contributed by atoms with Crippen LogP contribution in [0.3, 0.4) is 0 Å². The summed E-state index contributed by atoms with van der Waals surface area (Å²) in [5.74, 6) is 2.44. The van der Waals surface area contributed by atoms with Crippen LogP contribution in [0.5, 0.6) is 0 Å². The predicted octanol–water partition coefficient (Wildman–Crippen LogP) is 2.14. The fourth-order valence-corrected chi connectivity index (χ4v) is 8.10. The Hall–Kier alpha value is -3.88. The molecule has 19 heteroatoms. The van der Waals surface area contributed by atoms with E-state index < -0.39 is 0 Å². The summed E-state index contributed by atoms with van der Waals surface area (Å²) in [6.07, 6.45) is 1.02. The molecule has 0 unspecified atom stereocenters. The van der Waals surface area contributed by atoms with Gasteiger partial charge < -0.3 is 40.7 Å². The number of hydrogen-bond acceptors (Lipinski definition) is 13. The van der Waals surface area contributed by atoms with Crippen LogP contribution < -0.4 is 11.1 Å². The average molecular weight is 978 g/mol. The number of carbonyl (C=O) groups excluding carboxylic acids is 5. The molecule has 5 saturated heterocycles. The number of nitrogen functional groups attached to an aromatic ring is 1. The van der Waals surface area contributed by atoms with Crippen LogP contribution in [0.2, 0.25) is 0 Å². The predicted molar refractivity (Wildman–Crippen MR) is 279 cm³/mol. The molecule has 5 N–H and O–H groups in total. The summed E-state index contributed by atoms with van der Waals surface area (Å²) in [4.78, 5) is 74.7. The van der Waals surface area contributed by atoms with E-state index in [-0.39, 0.29) is 36.1 Å². The maximum atomic E-state index is 11.6. The van der Waals surface area contributed by atoms with Gasteiger partial charge in [0.15, 0.2) is 0 Å². The van der Waals surface area contributed by atoms with Crippen molar-refractivity contribution in [2.24, 2.45) is 5.92 Å². The van der Waals surface area contributed by atoms with E-state index >= 15 is 0 Å². The third-order valence-electron chi connectivity index (χ3n) is 12.8. The number of nitrogens with one attached hydrogen (secondary N) is 2. The van der Waals surface area contributed by atoms with Crippen molar-refractivity contribution in [1.82, 2.24) is 59.6 Å². The van der Waals surface area contributed by atoms with E-state index in [4.69, 9.17) is 10.8 Å². The zero-order valence-electron chi connectivity index (χ0n) is 46.3. The summed E-state index contributed by atoms with van der Waals surface area (Å²) in [5, 5.41) is 18.6. The second-order valence-corrected chi connectivity index (χ2v) is 20.9. The number of likely N-dealkylation sites (N-methyl/N-ethyl adjacent to an activating group) is 2. The van der Waals surface area contributed by atoms with Gasteiger partial charge in [-0.2, -0.15) is 5.10 Å². The lowest BCUT2D eigenvalue weighted by Crippen LogP contribution is -2.54. The average Bonchev–Trinajstić information content (AvgIpc) is 3.57. The zero-order valence-corrected chi connectivity index (χ0v) is 46.3. The Morgan fingerprint density at radius 2 is 1.00 bits per heavy atom. The number of aliphatic hydroxyl groups is 1. The molecule has 5 aliphatic rings. The van der Waals surface area contributed by atoms with Crippen molar-refractivity contribution in [1.29, 1.82) is 0 Å². The highest BCUT2D eigenvalue weighted by Crippen LogP contribution is 2.15. The lowest BCUT2D eigenvalue weighted by molar-refractivity contribution is -0.139. The smallest absolute Gasteiger partial charge is 0.237 e. The van der Waals surface area contributed by atoms with E-state index in [1.54, 1.807) is 4.90 Å². The van der Waals surface area contributed by atoms with E-state index in [0.29, 0.717) is 87.3 Å². The van der Waals surface area contributed by atoms with Gasteiger partial charge in [-0.1, -0.05) is 13.8 Å². The molecule has 1 aromatic heterocycles. The molecular formula is C50H99N13O6. The molecule has 1 aromatic rings. The first-order valence-corrected chi connectivity index (χ1v) is 25.6. The molecule has 5 fully saturated rings. The monoisotopic (exact) mass is 978 g/mol. The zero-order chi connectivity index (χ0) is 52.7. The Morgan fingerprint density at radius 1 is 0.551 bits per heavy atom. The van der Waals surface area contributed by atoms with Crippen LogP contribution in [0.4, 0.5) is 5.82 Å². The highest BCUT2D eigenvalue weighted by molar-refractivity contribution is 5.81. The lowest BCUT2D eigenvalue weighted by Gasteiger charge is -2.38. The number of H-pyrrole nitrogens is 1. The number of aromatic nitrogens is 2. The molecule has 0 aliphatic carbocycles. The van der Waals surface area contributed by atoms with Gasteiger partial charge in [0.25, 0.3) is 0 Å². The molecule has 0 atom stereocenters. The van der Waals surface area contributed by atoms with Crippen LogP contribution in [0.25, 0.3) is 0 Å². The SMILES string of the molecule is CC(C)N1CCN(C(C)C)C(=O)C1.CC(C)N1CCN(C)C(=O)C1.CC(C)N1CCN(C)CC1=O.CC(C)N1CCN(CCO)CC1=O.CC(C)N1CCNCC1=O.Cc1c(N)n[nH]c1CC(C)C. The molecule has 0 spiro atoms. The highest BCUT2D eigenvalue weighted by Gasteiger charge is 2.28. The minimum atomic E-state index is 0.134. The summed E-state index contributed by atoms with van der Waals surface area (Å²) in [6.45, 7) is 43.9. The molecule has 6 heterocycles. The van der Waals surface area contributed by atoms with Crippen molar-refractivity contribution in [3.8, 4) is 0 Å². The number of aliphatic hydroxyl groups excluding tert-OH is 1. The van der Waals surface area contributed by atoms with Crippen LogP contribution in [0, 0.1) is 12.8 Å². The van der Waals surface area contributed by atoms with Crippen molar-refractivity contribution >= 4 is 35.4 Å². The van der Waals surface area contributed by atoms with Crippen molar-refractivity contribution in [3.05, 3.63) is 11.3 Å². The normalized spacial score (nSPS) is 19.1. The first kappa shape index (κ1) is 63.1. The fourth-order valence-electron chi connectivity index (χ4n) is 8.10. The van der Waals surface area contributed by atoms with E-state index in [1.807, 2.05) is 73.2 Å². The minimum absolute atomic E-state index is 0.134. The van der Waals surface area contributed by atoms with Crippen LogP contribution in [0.15, 0.2) is 0 Å². The van der Waals surface area contributed by atoms with Crippen molar-refractivity contribution in [3.63, 3.8) is 0 Å². The summed E-state index contributed by atoms with van der Waals surface area (Å²) in [7, 11) is 3.84. The molecule has 400 valence electrons. The second-order valence-electron chi connectivity index (χ2n) is 20.9. The van der Waals surface area contributed by atoms with Gasteiger partial charge in [-0.25, -0.2) is 0 Å². The minimum Gasteiger partial charge on any atom is -0.395 e. The van der Waals surface area contributed by atoms with Gasteiger partial charge >= 0.3 is 0 Å². The van der Waals surface area contributed by atoms with Gasteiger partial charge in [-0.3, -0.25) is 48.7 Å². The molecule has 5 aliphatic heterocycles. The van der Waals surface area contributed by atoms with Crippen molar-refractivity contribution in [2.45, 2.75) is 147 Å². The standard InChI is InChI=1S/C10H20N2O.C9H18N2O2.C8H15N3.2C8H16N2O.C7H14N2O/c1-8(2)11-5-6-12(9(3)4)10(13)7-11;1-8(2)11-4-3-10(5-6-12)7-9(11)13;1-5(2)4-7-6(3)8(9)11-10-7;1-7(2)10-5-4-9(3)8(11)6-10;1-7(2)10-5-4-9(3)6-8(10)11;1-6(2)9-4-3-8-5-7(9)10/h8-9H,5-7H2,1-4H3;8,12H,3-7H2,1-2H3;5H,4H2,1-3H3,(H3,9,10,11);2*7H,4-6H2,1-3H3;6,8H,3-5H2,1-2H3. The number of piperazine rings is 5. The largest absolute Gasteiger partial charge is 0.395 e. The number of β-amino-alcohol motifs (C(OH)–C–C–N with tert-alkyl or cyclic N) is 1. The quantitative estimate of drug-likeness (QED) is 0.266. The molecule has 5 amide bonds. The second kappa shape index (κ2) is 32.2. The molecule has 69 heavy (non-hydrogen) atoms. The Morgan fingerprint density at radius 3 is 1.38 bits per heavy atom. The van der Waals surface area contributed by atoms with Crippen molar-refractivity contribution < 1.29 is 29.1 Å². The highest BCUT2D eigenvalue weighted by atomic mass is 16.3. The summed E-state index contributed by atoms with van der Waals surface area (Å²) < 4.78 is 0. The lowest BCUT2D eigenvalue weighted by atomic mass is 10.1. The van der Waals surface area contributed by atoms with Crippen LogP contribution in [0.1, 0.15) is 108 Å². The first-order chi connectivity index (χ1) is 32.2. The molecule has 0 saturated carbocycles. The number of nitrogens with two attached hydrogens (primary N) is 1. The number of amides is 5. The van der Waals surface area contributed by atoms with Gasteiger partial charge in [0.05, 0.1) is 39.3 Å². The maximum Gasteiger partial charge on any atom is 0.237 e. The Kier molecular flexibility index (Phi) is 29.4. The number of rotatable bonds is 10. The van der Waals surface area contributed by atoms with E-state index in [9.17, 15) is 24.0 Å². The van der Waals surface area contributed by atoms with Gasteiger partial charge in [0.1, 0.15) is 5.82 Å². The number of nitrogens with zero attached hydrogens (tertiary/aromatic N) is 10. The Bertz CT molecular complexity index is 1670. The Balaban J connectivity index is 0.000000415. The number of anilines is 1. The van der Waals surface area contributed by atoms with Crippen LogP contribution >= 0.6 is 0 Å². The van der Waals surface area contributed by atoms with Crippen LogP contribution in [-0.4, -0.2) is 251 Å². The first-order valence-electron chi connectivity index (χ1n) is 25.6. The van der Waals surface area contributed by atoms with Gasteiger partial charge in [0, 0.05) is 127 Å². The van der Waals surface area contributed by atoms with Gasteiger partial charge in [-0.15, -0.1) is 0 Å². The Labute approximate surface area is 417 Å². The summed E-state index contributed by atoms with van der Waals surface area (Å²) >= 11 is 0. The summed E-state index contributed by atoms with van der Waals surface area (Å²) in [6, 6.07) is 2.34. The van der Waals surface area contributed by atoms with Gasteiger partial charge in [0.2, 0.25) is 29.5 Å². The third kappa shape index (κ3) is 23.3. The van der Waals surface area contributed by atoms with Crippen molar-refractivity contribution in [2.75, 3.05) is 131 Å². The van der Waals surface area contributed by atoms with E-state index in [2.05, 4.69) is 99.5 Å². The molecular weight excluding hydrogens is 879 g/mol. The summed E-state index contributed by atoms with van der Waals surface area (Å²) in [5.41, 5.74) is 7.83. The topological polar surface area (TPSA) is 201 Å². The molecule has 19 nitrogen and oxygen atoms in total. The molecule has 6 rings (SSSR count). The number of aromatic amines is 1. The fraction of sp³-hybridized carbons (Fsp3) is 0.840. The van der Waals surface area contributed by atoms with Gasteiger partial charge in [-0.05, 0) is 109 Å².